The molecule has 1 heterocycles. The van der Waals surface area contributed by atoms with Crippen molar-refractivity contribution in [1.29, 1.82) is 0 Å². The molecule has 0 spiro atoms. The third kappa shape index (κ3) is 5.79. The molecule has 0 saturated carbocycles. The van der Waals surface area contributed by atoms with Gasteiger partial charge in [0, 0.05) is 32.7 Å². The summed E-state index contributed by atoms with van der Waals surface area (Å²) in [5.74, 6) is -0.185. The molecule has 30 heavy (non-hydrogen) atoms. The minimum absolute atomic E-state index is 0. The third-order valence-electron chi connectivity index (χ3n) is 5.55. The van der Waals surface area contributed by atoms with E-state index in [1.54, 1.807) is 12.1 Å². The fraction of sp³-hybridized carbons (Fsp3) is 0.231. The molecule has 2 nitrogen and oxygen atoms in total. The zero-order valence-electron chi connectivity index (χ0n) is 17.0. The van der Waals surface area contributed by atoms with Crippen LogP contribution in [0.3, 0.4) is 0 Å². The second-order valence-corrected chi connectivity index (χ2v) is 7.51. The lowest BCUT2D eigenvalue weighted by Gasteiger charge is -2.39. The lowest BCUT2D eigenvalue weighted by molar-refractivity contribution is 0.118. The standard InChI is InChI=1S/C26H27FN2.ClH/c27-25-15-13-24(14-16-25)26(23-11-5-2-6-12-23)29-20-18-28(19-21-29)17-7-10-22-8-3-1-4-9-22;/h1-16,26H,17-21H2;1H/b10-7+;. The zero-order chi connectivity index (χ0) is 19.9. The molecule has 0 N–H and O–H groups in total. The predicted molar refractivity (Wildman–Crippen MR) is 125 cm³/mol. The van der Waals surface area contributed by atoms with Gasteiger partial charge in [0.05, 0.1) is 6.04 Å². The molecule has 0 aliphatic carbocycles. The number of hydrogen-bond acceptors (Lipinski definition) is 2. The lowest BCUT2D eigenvalue weighted by Crippen LogP contribution is -2.47. The molecule has 0 radical (unpaired) electrons. The third-order valence-corrected chi connectivity index (χ3v) is 5.55. The van der Waals surface area contributed by atoms with Gasteiger partial charge in [-0.3, -0.25) is 9.80 Å². The van der Waals surface area contributed by atoms with Gasteiger partial charge in [0.15, 0.2) is 0 Å². The Hall–Kier alpha value is -2.46. The molecular weight excluding hydrogens is 395 g/mol. The van der Waals surface area contributed by atoms with E-state index in [1.165, 1.54) is 11.1 Å². The van der Waals surface area contributed by atoms with E-state index < -0.39 is 0 Å². The van der Waals surface area contributed by atoms with Crippen LogP contribution in [0.15, 0.2) is 91.0 Å². The Kier molecular flexibility index (Phi) is 8.21. The monoisotopic (exact) mass is 422 g/mol. The Morgan fingerprint density at radius 3 is 1.93 bits per heavy atom. The Morgan fingerprint density at radius 2 is 1.30 bits per heavy atom. The average molecular weight is 423 g/mol. The van der Waals surface area contributed by atoms with Crippen molar-refractivity contribution in [3.05, 3.63) is 114 Å². The van der Waals surface area contributed by atoms with Gasteiger partial charge in [0.1, 0.15) is 5.82 Å². The molecule has 4 heteroatoms. The van der Waals surface area contributed by atoms with Crippen molar-refractivity contribution in [2.24, 2.45) is 0 Å². The van der Waals surface area contributed by atoms with Crippen LogP contribution < -0.4 is 0 Å². The van der Waals surface area contributed by atoms with E-state index in [9.17, 15) is 4.39 Å². The van der Waals surface area contributed by atoms with Crippen molar-refractivity contribution in [2.45, 2.75) is 6.04 Å². The molecule has 0 bridgehead atoms. The SMILES string of the molecule is Cl.Fc1ccc(C(c2ccccc2)N2CCN(C/C=C/c3ccccc3)CC2)cc1. The van der Waals surface area contributed by atoms with Crippen LogP contribution >= 0.6 is 12.4 Å². The molecule has 1 aliphatic heterocycles. The number of rotatable bonds is 6. The first-order valence-corrected chi connectivity index (χ1v) is 10.3. The predicted octanol–water partition coefficient (Wildman–Crippen LogP) is 5.67. The van der Waals surface area contributed by atoms with Gasteiger partial charge in [-0.1, -0.05) is 84.9 Å². The highest BCUT2D eigenvalue weighted by Gasteiger charge is 2.26. The van der Waals surface area contributed by atoms with Gasteiger partial charge in [-0.05, 0) is 28.8 Å². The van der Waals surface area contributed by atoms with Crippen LogP contribution in [0.1, 0.15) is 22.7 Å². The van der Waals surface area contributed by atoms with Crippen LogP contribution in [0.2, 0.25) is 0 Å². The molecular formula is C26H28ClFN2. The van der Waals surface area contributed by atoms with Crippen LogP contribution in [0.4, 0.5) is 4.39 Å². The van der Waals surface area contributed by atoms with Gasteiger partial charge in [-0.25, -0.2) is 4.39 Å². The summed E-state index contributed by atoms with van der Waals surface area (Å²) in [5, 5.41) is 0. The lowest BCUT2D eigenvalue weighted by atomic mass is 9.96. The fourth-order valence-electron chi connectivity index (χ4n) is 4.00. The van der Waals surface area contributed by atoms with Crippen molar-refractivity contribution in [3.63, 3.8) is 0 Å². The van der Waals surface area contributed by atoms with E-state index in [4.69, 9.17) is 0 Å². The molecule has 1 fully saturated rings. The van der Waals surface area contributed by atoms with Gasteiger partial charge in [-0.15, -0.1) is 12.4 Å². The van der Waals surface area contributed by atoms with Gasteiger partial charge in [0.2, 0.25) is 0 Å². The van der Waals surface area contributed by atoms with Crippen molar-refractivity contribution in [2.75, 3.05) is 32.7 Å². The molecule has 156 valence electrons. The topological polar surface area (TPSA) is 6.48 Å². The van der Waals surface area contributed by atoms with Gasteiger partial charge in [0.25, 0.3) is 0 Å². The first-order chi connectivity index (χ1) is 14.3. The summed E-state index contributed by atoms with van der Waals surface area (Å²) in [6.45, 7) is 5.02. The summed E-state index contributed by atoms with van der Waals surface area (Å²) < 4.78 is 13.5. The highest BCUT2D eigenvalue weighted by atomic mass is 35.5. The zero-order valence-corrected chi connectivity index (χ0v) is 17.8. The number of nitrogens with zero attached hydrogens (tertiary/aromatic N) is 2. The Bertz CT molecular complexity index is 905. The normalized spacial score (nSPS) is 16.3. The van der Waals surface area contributed by atoms with E-state index in [2.05, 4.69) is 70.5 Å². The van der Waals surface area contributed by atoms with Gasteiger partial charge in [-0.2, -0.15) is 0 Å². The molecule has 3 aromatic carbocycles. The number of hydrogen-bond donors (Lipinski definition) is 0. The molecule has 1 saturated heterocycles. The van der Waals surface area contributed by atoms with E-state index in [0.29, 0.717) is 0 Å². The molecule has 1 unspecified atom stereocenters. The second kappa shape index (κ2) is 11.1. The van der Waals surface area contributed by atoms with Crippen LogP contribution in [0.5, 0.6) is 0 Å². The van der Waals surface area contributed by atoms with Gasteiger partial charge >= 0.3 is 0 Å². The molecule has 0 aromatic heterocycles. The summed E-state index contributed by atoms with van der Waals surface area (Å²) >= 11 is 0. The van der Waals surface area contributed by atoms with Gasteiger partial charge < -0.3 is 0 Å². The van der Waals surface area contributed by atoms with Crippen LogP contribution in [-0.4, -0.2) is 42.5 Å². The van der Waals surface area contributed by atoms with E-state index in [-0.39, 0.29) is 24.3 Å². The number of halogens is 2. The Labute approximate surface area is 185 Å². The maximum absolute atomic E-state index is 13.5. The van der Waals surface area contributed by atoms with Crippen LogP contribution in [0, 0.1) is 5.82 Å². The molecule has 3 aromatic rings. The van der Waals surface area contributed by atoms with Crippen molar-refractivity contribution in [1.82, 2.24) is 9.80 Å². The maximum atomic E-state index is 13.5. The highest BCUT2D eigenvalue weighted by Crippen LogP contribution is 2.29. The van der Waals surface area contributed by atoms with E-state index in [0.717, 1.165) is 38.3 Å². The largest absolute Gasteiger partial charge is 0.297 e. The average Bonchev–Trinajstić information content (AvgIpc) is 2.78. The molecule has 1 aliphatic rings. The van der Waals surface area contributed by atoms with Crippen molar-refractivity contribution in [3.8, 4) is 0 Å². The Morgan fingerprint density at radius 1 is 0.733 bits per heavy atom. The minimum Gasteiger partial charge on any atom is -0.297 e. The first-order valence-electron chi connectivity index (χ1n) is 10.3. The molecule has 4 rings (SSSR count). The minimum atomic E-state index is -0.185. The number of benzene rings is 3. The quantitative estimate of drug-likeness (QED) is 0.505. The van der Waals surface area contributed by atoms with Crippen LogP contribution in [0.25, 0.3) is 6.08 Å². The summed E-state index contributed by atoms with van der Waals surface area (Å²) in [6.07, 6.45) is 4.44. The summed E-state index contributed by atoms with van der Waals surface area (Å²) in [4.78, 5) is 5.00. The Balaban J connectivity index is 0.00000256. The van der Waals surface area contributed by atoms with Crippen LogP contribution in [-0.2, 0) is 0 Å². The molecule has 0 amide bonds. The summed E-state index contributed by atoms with van der Waals surface area (Å²) in [6, 6.07) is 28.1. The van der Waals surface area contributed by atoms with Crippen molar-refractivity contribution < 1.29 is 4.39 Å². The molecule has 1 atom stereocenters. The second-order valence-electron chi connectivity index (χ2n) is 7.51. The smallest absolute Gasteiger partial charge is 0.123 e. The first kappa shape index (κ1) is 22.2. The van der Waals surface area contributed by atoms with E-state index in [1.807, 2.05) is 24.3 Å². The number of piperazine rings is 1. The highest BCUT2D eigenvalue weighted by molar-refractivity contribution is 5.85. The summed E-state index contributed by atoms with van der Waals surface area (Å²) in [7, 11) is 0. The fourth-order valence-corrected chi connectivity index (χ4v) is 4.00. The maximum Gasteiger partial charge on any atom is 0.123 e. The van der Waals surface area contributed by atoms with E-state index >= 15 is 0 Å². The summed E-state index contributed by atoms with van der Waals surface area (Å²) in [5.41, 5.74) is 3.65. The van der Waals surface area contributed by atoms with Crippen molar-refractivity contribution >= 4 is 18.5 Å².